The van der Waals surface area contributed by atoms with E-state index < -0.39 is 0 Å². The number of benzene rings is 2. The first kappa shape index (κ1) is 14.8. The lowest BCUT2D eigenvalue weighted by Gasteiger charge is -2.11. The van der Waals surface area contributed by atoms with Gasteiger partial charge in [-0.25, -0.2) is 0 Å². The first-order valence-electron chi connectivity index (χ1n) is 6.67. The largest absolute Gasteiger partial charge is 0.345 e. The SMILES string of the molecule is Cc1ccc(C(=O)Nc2ccc(C(=O)N(C)C)cc2)cc1. The van der Waals surface area contributed by atoms with Crippen LogP contribution in [0.2, 0.25) is 0 Å². The fraction of sp³-hybridized carbons (Fsp3) is 0.176. The maximum absolute atomic E-state index is 12.1. The van der Waals surface area contributed by atoms with Crippen molar-refractivity contribution in [2.45, 2.75) is 6.92 Å². The van der Waals surface area contributed by atoms with Gasteiger partial charge in [0, 0.05) is 30.9 Å². The van der Waals surface area contributed by atoms with Crippen LogP contribution in [0.15, 0.2) is 48.5 Å². The molecular weight excluding hydrogens is 264 g/mol. The molecule has 0 heterocycles. The number of amides is 2. The average Bonchev–Trinajstić information content (AvgIpc) is 2.47. The second-order valence-electron chi connectivity index (χ2n) is 5.10. The predicted molar refractivity (Wildman–Crippen MR) is 83.6 cm³/mol. The van der Waals surface area contributed by atoms with Crippen molar-refractivity contribution in [2.24, 2.45) is 0 Å². The number of nitrogens with zero attached hydrogens (tertiary/aromatic N) is 1. The van der Waals surface area contributed by atoms with Gasteiger partial charge in [0.05, 0.1) is 0 Å². The minimum absolute atomic E-state index is 0.0635. The van der Waals surface area contributed by atoms with E-state index in [1.165, 1.54) is 4.90 Å². The lowest BCUT2D eigenvalue weighted by atomic mass is 10.1. The number of carbonyl (C=O) groups is 2. The molecule has 0 atom stereocenters. The van der Waals surface area contributed by atoms with E-state index in [0.717, 1.165) is 5.56 Å². The standard InChI is InChI=1S/C17H18N2O2/c1-12-4-6-13(7-5-12)16(20)18-15-10-8-14(9-11-15)17(21)19(2)3/h4-11H,1-3H3,(H,18,20). The summed E-state index contributed by atoms with van der Waals surface area (Å²) >= 11 is 0. The van der Waals surface area contributed by atoms with Crippen LogP contribution in [0.5, 0.6) is 0 Å². The van der Waals surface area contributed by atoms with E-state index in [2.05, 4.69) is 5.32 Å². The van der Waals surface area contributed by atoms with Crippen molar-refractivity contribution in [1.82, 2.24) is 4.90 Å². The van der Waals surface area contributed by atoms with Gasteiger partial charge >= 0.3 is 0 Å². The molecule has 2 amide bonds. The van der Waals surface area contributed by atoms with Crippen LogP contribution in [0.25, 0.3) is 0 Å². The fourth-order valence-corrected chi connectivity index (χ4v) is 1.86. The van der Waals surface area contributed by atoms with Crippen molar-refractivity contribution in [3.63, 3.8) is 0 Å². The van der Waals surface area contributed by atoms with Crippen LogP contribution in [0, 0.1) is 6.92 Å². The monoisotopic (exact) mass is 282 g/mol. The number of aryl methyl sites for hydroxylation is 1. The van der Waals surface area contributed by atoms with E-state index in [1.54, 1.807) is 50.5 Å². The maximum atomic E-state index is 12.1. The van der Waals surface area contributed by atoms with Crippen LogP contribution in [0.3, 0.4) is 0 Å². The molecule has 0 aliphatic rings. The highest BCUT2D eigenvalue weighted by atomic mass is 16.2. The molecule has 1 N–H and O–H groups in total. The summed E-state index contributed by atoms with van der Waals surface area (Å²) in [5.74, 6) is -0.229. The van der Waals surface area contributed by atoms with Crippen LogP contribution >= 0.6 is 0 Å². The Morgan fingerprint density at radius 3 is 1.90 bits per heavy atom. The smallest absolute Gasteiger partial charge is 0.255 e. The van der Waals surface area contributed by atoms with Crippen molar-refractivity contribution in [1.29, 1.82) is 0 Å². The minimum atomic E-state index is -0.165. The molecule has 0 fully saturated rings. The van der Waals surface area contributed by atoms with Gasteiger partial charge in [0.1, 0.15) is 0 Å². The zero-order chi connectivity index (χ0) is 15.4. The normalized spacial score (nSPS) is 10.0. The van der Waals surface area contributed by atoms with Gasteiger partial charge in [-0.05, 0) is 43.3 Å². The molecule has 0 aromatic heterocycles. The molecule has 2 aromatic carbocycles. The van der Waals surface area contributed by atoms with Gasteiger partial charge in [0.15, 0.2) is 0 Å². The lowest BCUT2D eigenvalue weighted by Crippen LogP contribution is -2.21. The molecule has 2 rings (SSSR count). The quantitative estimate of drug-likeness (QED) is 0.941. The van der Waals surface area contributed by atoms with Crippen LogP contribution in [0.4, 0.5) is 5.69 Å². The summed E-state index contributed by atoms with van der Waals surface area (Å²) in [4.78, 5) is 25.3. The van der Waals surface area contributed by atoms with Gasteiger partial charge in [-0.15, -0.1) is 0 Å². The highest BCUT2D eigenvalue weighted by Crippen LogP contribution is 2.13. The average molecular weight is 282 g/mol. The van der Waals surface area contributed by atoms with Gasteiger partial charge in [-0.2, -0.15) is 0 Å². The second-order valence-corrected chi connectivity index (χ2v) is 5.10. The number of nitrogens with one attached hydrogen (secondary N) is 1. The molecule has 0 bridgehead atoms. The third kappa shape index (κ3) is 3.69. The Morgan fingerprint density at radius 2 is 1.38 bits per heavy atom. The first-order chi connectivity index (χ1) is 9.97. The number of carbonyl (C=O) groups excluding carboxylic acids is 2. The minimum Gasteiger partial charge on any atom is -0.345 e. The Morgan fingerprint density at radius 1 is 0.857 bits per heavy atom. The molecule has 0 aliphatic heterocycles. The third-order valence-corrected chi connectivity index (χ3v) is 3.11. The zero-order valence-electron chi connectivity index (χ0n) is 12.4. The number of anilines is 1. The highest BCUT2D eigenvalue weighted by molar-refractivity contribution is 6.04. The number of hydrogen-bond donors (Lipinski definition) is 1. The van der Waals surface area contributed by atoms with E-state index in [4.69, 9.17) is 0 Å². The Balaban J connectivity index is 2.08. The molecule has 2 aromatic rings. The van der Waals surface area contributed by atoms with E-state index in [9.17, 15) is 9.59 Å². The summed E-state index contributed by atoms with van der Waals surface area (Å²) in [7, 11) is 3.41. The van der Waals surface area contributed by atoms with Gasteiger partial charge in [0.25, 0.3) is 11.8 Å². The topological polar surface area (TPSA) is 49.4 Å². The van der Waals surface area contributed by atoms with Gasteiger partial charge in [-0.1, -0.05) is 17.7 Å². The molecule has 4 nitrogen and oxygen atoms in total. The van der Waals surface area contributed by atoms with Crippen molar-refractivity contribution in [3.8, 4) is 0 Å². The summed E-state index contributed by atoms with van der Waals surface area (Å²) in [6.07, 6.45) is 0. The summed E-state index contributed by atoms with van der Waals surface area (Å²) < 4.78 is 0. The Labute approximate surface area is 124 Å². The zero-order valence-corrected chi connectivity index (χ0v) is 12.4. The number of hydrogen-bond acceptors (Lipinski definition) is 2. The molecule has 108 valence electrons. The molecule has 0 spiro atoms. The Hall–Kier alpha value is -2.62. The molecule has 0 radical (unpaired) electrons. The van der Waals surface area contributed by atoms with Crippen molar-refractivity contribution in [2.75, 3.05) is 19.4 Å². The van der Waals surface area contributed by atoms with Crippen molar-refractivity contribution < 1.29 is 9.59 Å². The Bertz CT molecular complexity index is 643. The van der Waals surface area contributed by atoms with Crippen LogP contribution in [-0.2, 0) is 0 Å². The molecule has 0 saturated heterocycles. The fourth-order valence-electron chi connectivity index (χ4n) is 1.86. The predicted octanol–water partition coefficient (Wildman–Crippen LogP) is 2.95. The summed E-state index contributed by atoms with van der Waals surface area (Å²) in [5.41, 5.74) is 2.97. The van der Waals surface area contributed by atoms with Crippen LogP contribution < -0.4 is 5.32 Å². The van der Waals surface area contributed by atoms with Gasteiger partial charge in [-0.3, -0.25) is 9.59 Å². The van der Waals surface area contributed by atoms with E-state index >= 15 is 0 Å². The van der Waals surface area contributed by atoms with Gasteiger partial charge in [0.2, 0.25) is 0 Å². The molecule has 0 saturated carbocycles. The van der Waals surface area contributed by atoms with Crippen LogP contribution in [-0.4, -0.2) is 30.8 Å². The van der Waals surface area contributed by atoms with E-state index in [1.807, 2.05) is 19.1 Å². The van der Waals surface area contributed by atoms with Crippen molar-refractivity contribution >= 4 is 17.5 Å². The molecule has 4 heteroatoms. The van der Waals surface area contributed by atoms with Gasteiger partial charge < -0.3 is 10.2 Å². The molecule has 21 heavy (non-hydrogen) atoms. The molecule has 0 aliphatic carbocycles. The Kier molecular flexibility index (Phi) is 4.38. The van der Waals surface area contributed by atoms with E-state index in [-0.39, 0.29) is 11.8 Å². The summed E-state index contributed by atoms with van der Waals surface area (Å²) in [6.45, 7) is 1.97. The summed E-state index contributed by atoms with van der Waals surface area (Å²) in [6, 6.07) is 14.2. The maximum Gasteiger partial charge on any atom is 0.255 e. The lowest BCUT2D eigenvalue weighted by molar-refractivity contribution is 0.0827. The second kappa shape index (κ2) is 6.22. The highest BCUT2D eigenvalue weighted by Gasteiger charge is 2.09. The molecule has 0 unspecified atom stereocenters. The van der Waals surface area contributed by atoms with Crippen LogP contribution in [0.1, 0.15) is 26.3 Å². The number of rotatable bonds is 3. The first-order valence-corrected chi connectivity index (χ1v) is 6.67. The van der Waals surface area contributed by atoms with E-state index in [0.29, 0.717) is 16.8 Å². The molecular formula is C17H18N2O2. The summed E-state index contributed by atoms with van der Waals surface area (Å²) in [5, 5.41) is 2.81. The van der Waals surface area contributed by atoms with Crippen molar-refractivity contribution in [3.05, 3.63) is 65.2 Å². The third-order valence-electron chi connectivity index (χ3n) is 3.11.